The summed E-state index contributed by atoms with van der Waals surface area (Å²) in [7, 11) is -3.57. The van der Waals surface area contributed by atoms with Crippen LogP contribution in [0.5, 0.6) is 0 Å². The minimum atomic E-state index is -3.57. The van der Waals surface area contributed by atoms with Crippen LogP contribution in [0.15, 0.2) is 28.6 Å². The molecule has 0 amide bonds. The molecular weight excluding hydrogens is 306 g/mol. The number of sulfonamides is 1. The van der Waals surface area contributed by atoms with Crippen molar-refractivity contribution in [2.24, 2.45) is 5.73 Å². The molecule has 0 fully saturated rings. The monoisotopic (exact) mass is 325 g/mol. The molecule has 2 aromatic rings. The summed E-state index contributed by atoms with van der Waals surface area (Å²) < 4.78 is 27.6. The molecule has 0 aliphatic carbocycles. The van der Waals surface area contributed by atoms with E-state index in [1.54, 1.807) is 13.1 Å². The quantitative estimate of drug-likeness (QED) is 0.850. The van der Waals surface area contributed by atoms with E-state index in [2.05, 4.69) is 9.71 Å². The zero-order chi connectivity index (χ0) is 15.5. The van der Waals surface area contributed by atoms with E-state index in [0.29, 0.717) is 9.77 Å². The summed E-state index contributed by atoms with van der Waals surface area (Å²) >= 11 is 1.37. The number of nitrogens with two attached hydrogens (primary N) is 1. The lowest BCUT2D eigenvalue weighted by Crippen LogP contribution is -2.25. The molecule has 114 valence electrons. The molecule has 5 nitrogen and oxygen atoms in total. The van der Waals surface area contributed by atoms with Gasteiger partial charge in [-0.25, -0.2) is 13.1 Å². The molecule has 2 heterocycles. The van der Waals surface area contributed by atoms with Crippen LogP contribution in [0.25, 0.3) is 0 Å². The fraction of sp³-hybridized carbons (Fsp3) is 0.357. The van der Waals surface area contributed by atoms with Crippen molar-refractivity contribution in [1.82, 2.24) is 9.71 Å². The van der Waals surface area contributed by atoms with E-state index in [9.17, 15) is 8.42 Å². The molecule has 0 aliphatic heterocycles. The molecule has 7 heteroatoms. The number of thiophene rings is 1. The van der Waals surface area contributed by atoms with E-state index in [1.165, 1.54) is 11.3 Å². The summed E-state index contributed by atoms with van der Waals surface area (Å²) in [6, 6.07) is 3.81. The van der Waals surface area contributed by atoms with Gasteiger partial charge in [-0.3, -0.25) is 4.98 Å². The number of aromatic nitrogens is 1. The van der Waals surface area contributed by atoms with Gasteiger partial charge < -0.3 is 5.73 Å². The number of rotatable bonds is 6. The third-order valence-corrected chi connectivity index (χ3v) is 6.12. The summed E-state index contributed by atoms with van der Waals surface area (Å²) in [6.07, 6.45) is 2.49. The van der Waals surface area contributed by atoms with Crippen LogP contribution in [0.2, 0.25) is 0 Å². The van der Waals surface area contributed by atoms with E-state index in [0.717, 1.165) is 23.2 Å². The van der Waals surface area contributed by atoms with Crippen molar-refractivity contribution in [2.75, 3.05) is 0 Å². The number of nitrogens with one attached hydrogen (secondary N) is 1. The molecule has 0 spiro atoms. The summed E-state index contributed by atoms with van der Waals surface area (Å²) in [6.45, 7) is 4.21. The van der Waals surface area contributed by atoms with Crippen molar-refractivity contribution in [3.05, 3.63) is 45.4 Å². The minimum absolute atomic E-state index is 0.186. The summed E-state index contributed by atoms with van der Waals surface area (Å²) in [5.41, 5.74) is 8.14. The third-order valence-electron chi connectivity index (χ3n) is 3.24. The van der Waals surface area contributed by atoms with Crippen LogP contribution in [0.3, 0.4) is 0 Å². The third kappa shape index (κ3) is 3.49. The van der Waals surface area contributed by atoms with Gasteiger partial charge in [0, 0.05) is 17.6 Å². The van der Waals surface area contributed by atoms with Crippen LogP contribution < -0.4 is 10.5 Å². The number of nitrogens with zero attached hydrogens (tertiary/aromatic N) is 1. The molecule has 0 bridgehead atoms. The van der Waals surface area contributed by atoms with Crippen LogP contribution >= 0.6 is 11.3 Å². The van der Waals surface area contributed by atoms with Gasteiger partial charge in [0.1, 0.15) is 4.90 Å². The molecule has 21 heavy (non-hydrogen) atoms. The zero-order valence-electron chi connectivity index (χ0n) is 12.1. The Morgan fingerprint density at radius 3 is 2.86 bits per heavy atom. The Labute approximate surface area is 129 Å². The van der Waals surface area contributed by atoms with Crippen molar-refractivity contribution >= 4 is 21.4 Å². The average molecular weight is 325 g/mol. The largest absolute Gasteiger partial charge is 0.326 e. The predicted octanol–water partition coefficient (Wildman–Crippen LogP) is 1.95. The fourth-order valence-corrected chi connectivity index (χ4v) is 4.86. The smallest absolute Gasteiger partial charge is 0.242 e. The Balaban J connectivity index is 2.24. The summed E-state index contributed by atoms with van der Waals surface area (Å²) in [4.78, 5) is 5.24. The molecule has 2 aromatic heterocycles. The molecule has 0 aromatic carbocycles. The van der Waals surface area contributed by atoms with E-state index in [1.807, 2.05) is 24.4 Å². The first-order valence-corrected chi connectivity index (χ1v) is 9.05. The maximum Gasteiger partial charge on any atom is 0.242 e. The lowest BCUT2D eigenvalue weighted by atomic mass is 10.1. The second-order valence-electron chi connectivity index (χ2n) is 4.66. The first-order valence-electron chi connectivity index (χ1n) is 6.69. The molecule has 2 rings (SSSR count). The van der Waals surface area contributed by atoms with Gasteiger partial charge in [0.2, 0.25) is 10.0 Å². The van der Waals surface area contributed by atoms with Gasteiger partial charge in [-0.05, 0) is 35.9 Å². The maximum absolute atomic E-state index is 12.5. The highest BCUT2D eigenvalue weighted by molar-refractivity contribution is 7.89. The van der Waals surface area contributed by atoms with Crippen molar-refractivity contribution in [2.45, 2.75) is 38.3 Å². The van der Waals surface area contributed by atoms with Gasteiger partial charge in [-0.15, -0.1) is 11.3 Å². The van der Waals surface area contributed by atoms with Gasteiger partial charge in [0.05, 0.1) is 12.2 Å². The Morgan fingerprint density at radius 2 is 2.19 bits per heavy atom. The number of hydrogen-bond acceptors (Lipinski definition) is 5. The lowest BCUT2D eigenvalue weighted by Gasteiger charge is -2.10. The van der Waals surface area contributed by atoms with Crippen LogP contribution in [-0.2, 0) is 29.5 Å². The Morgan fingerprint density at radius 1 is 1.43 bits per heavy atom. The molecule has 0 saturated heterocycles. The normalized spacial score (nSPS) is 11.8. The summed E-state index contributed by atoms with van der Waals surface area (Å²) in [5, 5.41) is 1.81. The van der Waals surface area contributed by atoms with Crippen LogP contribution in [0.4, 0.5) is 0 Å². The topological polar surface area (TPSA) is 85.1 Å². The number of pyridine rings is 1. The fourth-order valence-electron chi connectivity index (χ4n) is 2.18. The highest BCUT2D eigenvalue weighted by Crippen LogP contribution is 2.26. The SMILES string of the molecule is CCc1cccnc1CNS(=O)(=O)c1c(C)csc1CN. The van der Waals surface area contributed by atoms with E-state index in [-0.39, 0.29) is 13.1 Å². The van der Waals surface area contributed by atoms with Gasteiger partial charge in [-0.2, -0.15) is 0 Å². The standard InChI is InChI=1S/C14H19N3O2S2/c1-3-11-5-4-6-16-12(11)8-17-21(18,19)14-10(2)9-20-13(14)7-15/h4-6,9,17H,3,7-8,15H2,1-2H3. The average Bonchev–Trinajstić information content (AvgIpc) is 2.87. The van der Waals surface area contributed by atoms with Crippen molar-refractivity contribution in [1.29, 1.82) is 0 Å². The second-order valence-corrected chi connectivity index (χ2v) is 7.33. The van der Waals surface area contributed by atoms with Crippen molar-refractivity contribution < 1.29 is 8.42 Å². The van der Waals surface area contributed by atoms with Gasteiger partial charge in [0.25, 0.3) is 0 Å². The van der Waals surface area contributed by atoms with Gasteiger partial charge in [-0.1, -0.05) is 13.0 Å². The first kappa shape index (κ1) is 16.1. The Kier molecular flexibility index (Phi) is 5.10. The Hall–Kier alpha value is -1.28. The zero-order valence-corrected chi connectivity index (χ0v) is 13.7. The van der Waals surface area contributed by atoms with Gasteiger partial charge in [0.15, 0.2) is 0 Å². The predicted molar refractivity (Wildman–Crippen MR) is 84.6 cm³/mol. The minimum Gasteiger partial charge on any atom is -0.326 e. The molecule has 0 unspecified atom stereocenters. The number of hydrogen-bond donors (Lipinski definition) is 2. The van der Waals surface area contributed by atoms with Crippen LogP contribution in [0.1, 0.15) is 28.6 Å². The number of aryl methyl sites for hydroxylation is 2. The molecule has 0 saturated carbocycles. The molecule has 0 atom stereocenters. The molecule has 0 radical (unpaired) electrons. The van der Waals surface area contributed by atoms with Gasteiger partial charge >= 0.3 is 0 Å². The molecule has 0 aliphatic rings. The molecular formula is C14H19N3O2S2. The highest BCUT2D eigenvalue weighted by atomic mass is 32.2. The van der Waals surface area contributed by atoms with Crippen LogP contribution in [0, 0.1) is 6.92 Å². The van der Waals surface area contributed by atoms with Crippen LogP contribution in [-0.4, -0.2) is 13.4 Å². The van der Waals surface area contributed by atoms with E-state index < -0.39 is 10.0 Å². The lowest BCUT2D eigenvalue weighted by molar-refractivity contribution is 0.579. The van der Waals surface area contributed by atoms with E-state index in [4.69, 9.17) is 5.73 Å². The van der Waals surface area contributed by atoms with E-state index >= 15 is 0 Å². The second kappa shape index (κ2) is 6.65. The van der Waals surface area contributed by atoms with Crippen molar-refractivity contribution in [3.63, 3.8) is 0 Å². The Bertz CT molecular complexity index is 724. The summed E-state index contributed by atoms with van der Waals surface area (Å²) in [5.74, 6) is 0. The highest BCUT2D eigenvalue weighted by Gasteiger charge is 2.22. The maximum atomic E-state index is 12.5. The molecule has 3 N–H and O–H groups in total. The van der Waals surface area contributed by atoms with Crippen molar-refractivity contribution in [3.8, 4) is 0 Å². The first-order chi connectivity index (χ1) is 9.99.